The van der Waals surface area contributed by atoms with E-state index in [9.17, 15) is 0 Å². The van der Waals surface area contributed by atoms with Crippen LogP contribution in [0.15, 0.2) is 24.3 Å². The van der Waals surface area contributed by atoms with Crippen molar-refractivity contribution in [3.63, 3.8) is 0 Å². The van der Waals surface area contributed by atoms with Crippen LogP contribution in [-0.4, -0.2) is 9.78 Å². The number of nitrogens with zero attached hydrogens (tertiary/aromatic N) is 2. The normalized spacial score (nSPS) is 10.5. The Hall–Kier alpha value is -1.68. The van der Waals surface area contributed by atoms with Gasteiger partial charge in [-0.2, -0.15) is 5.10 Å². The predicted molar refractivity (Wildman–Crippen MR) is 68.1 cm³/mol. The molecule has 2 aromatic rings. The predicted octanol–water partition coefficient (Wildman–Crippen LogP) is 2.54. The van der Waals surface area contributed by atoms with Crippen LogP contribution < -0.4 is 10.5 Å². The van der Waals surface area contributed by atoms with Gasteiger partial charge in [0.1, 0.15) is 12.4 Å². The maximum atomic E-state index is 6.13. The molecule has 0 aliphatic rings. The molecule has 0 spiro atoms. The third-order valence-corrected chi connectivity index (χ3v) is 3.04. The summed E-state index contributed by atoms with van der Waals surface area (Å²) in [7, 11) is 1.84. The first-order valence-electron chi connectivity index (χ1n) is 5.25. The summed E-state index contributed by atoms with van der Waals surface area (Å²) >= 11 is 6.13. The lowest BCUT2D eigenvalue weighted by Crippen LogP contribution is -2.04. The molecule has 5 heteroatoms. The van der Waals surface area contributed by atoms with Gasteiger partial charge in [0, 0.05) is 7.05 Å². The minimum Gasteiger partial charge on any atom is -0.485 e. The zero-order chi connectivity index (χ0) is 12.4. The van der Waals surface area contributed by atoms with Crippen LogP contribution in [-0.2, 0) is 13.7 Å². The molecule has 1 aromatic heterocycles. The second-order valence-corrected chi connectivity index (χ2v) is 4.17. The van der Waals surface area contributed by atoms with Crippen molar-refractivity contribution in [2.75, 3.05) is 5.73 Å². The number of ether oxygens (including phenoxy) is 1. The molecule has 0 aliphatic carbocycles. The number of anilines is 1. The Morgan fingerprint density at radius 3 is 2.71 bits per heavy atom. The highest BCUT2D eigenvalue weighted by molar-refractivity contribution is 6.31. The average Bonchev–Trinajstić information content (AvgIpc) is 2.53. The number of aryl methyl sites for hydroxylation is 2. The number of para-hydroxylation sites is 2. The fraction of sp³-hybridized carbons (Fsp3) is 0.250. The van der Waals surface area contributed by atoms with Crippen LogP contribution in [0.4, 0.5) is 5.69 Å². The Morgan fingerprint density at radius 1 is 1.41 bits per heavy atom. The first-order valence-corrected chi connectivity index (χ1v) is 5.62. The molecule has 90 valence electrons. The van der Waals surface area contributed by atoms with Gasteiger partial charge in [-0.3, -0.25) is 4.68 Å². The summed E-state index contributed by atoms with van der Waals surface area (Å²) < 4.78 is 7.35. The molecule has 0 fully saturated rings. The van der Waals surface area contributed by atoms with E-state index in [0.29, 0.717) is 23.1 Å². The molecule has 0 bridgehead atoms. The van der Waals surface area contributed by atoms with Gasteiger partial charge in [-0.15, -0.1) is 0 Å². The maximum Gasteiger partial charge on any atom is 0.142 e. The van der Waals surface area contributed by atoms with Crippen molar-refractivity contribution in [3.05, 3.63) is 40.7 Å². The van der Waals surface area contributed by atoms with Gasteiger partial charge in [0.25, 0.3) is 0 Å². The third kappa shape index (κ3) is 2.36. The Kier molecular flexibility index (Phi) is 3.24. The summed E-state index contributed by atoms with van der Waals surface area (Å²) in [4.78, 5) is 0. The molecule has 0 saturated carbocycles. The molecule has 0 unspecified atom stereocenters. The van der Waals surface area contributed by atoms with Gasteiger partial charge in [-0.1, -0.05) is 23.7 Å². The average molecular weight is 252 g/mol. The highest BCUT2D eigenvalue weighted by atomic mass is 35.5. The summed E-state index contributed by atoms with van der Waals surface area (Å²) in [6.45, 7) is 2.22. The Labute approximate surface area is 105 Å². The van der Waals surface area contributed by atoms with Crippen molar-refractivity contribution in [2.24, 2.45) is 7.05 Å². The van der Waals surface area contributed by atoms with Gasteiger partial charge >= 0.3 is 0 Å². The topological polar surface area (TPSA) is 53.1 Å². The van der Waals surface area contributed by atoms with Crippen molar-refractivity contribution in [1.29, 1.82) is 0 Å². The van der Waals surface area contributed by atoms with Crippen molar-refractivity contribution >= 4 is 17.3 Å². The number of nitrogens with two attached hydrogens (primary N) is 1. The van der Waals surface area contributed by atoms with Gasteiger partial charge in [0.05, 0.1) is 22.1 Å². The van der Waals surface area contributed by atoms with Crippen molar-refractivity contribution in [2.45, 2.75) is 13.5 Å². The van der Waals surface area contributed by atoms with Crippen molar-refractivity contribution in [3.8, 4) is 5.75 Å². The smallest absolute Gasteiger partial charge is 0.142 e. The van der Waals surface area contributed by atoms with E-state index >= 15 is 0 Å². The summed E-state index contributed by atoms with van der Waals surface area (Å²) in [5, 5.41) is 4.86. The maximum absolute atomic E-state index is 6.13. The second kappa shape index (κ2) is 4.67. The van der Waals surface area contributed by atoms with Gasteiger partial charge in [-0.05, 0) is 19.1 Å². The molecule has 17 heavy (non-hydrogen) atoms. The Bertz CT molecular complexity index is 537. The molecule has 0 atom stereocenters. The quantitative estimate of drug-likeness (QED) is 0.853. The Morgan fingerprint density at radius 2 is 2.12 bits per heavy atom. The van der Waals surface area contributed by atoms with Crippen LogP contribution in [0.2, 0.25) is 5.02 Å². The number of benzene rings is 1. The minimum absolute atomic E-state index is 0.352. The van der Waals surface area contributed by atoms with Crippen LogP contribution in [0.5, 0.6) is 5.75 Å². The molecule has 4 nitrogen and oxygen atoms in total. The number of hydrogen-bond acceptors (Lipinski definition) is 3. The highest BCUT2D eigenvalue weighted by Crippen LogP contribution is 2.24. The standard InChI is InChI=1S/C12H14ClN3O/c1-8-12(13)10(16(2)15-8)7-17-11-6-4-3-5-9(11)14/h3-6H,7,14H2,1-2H3. The first-order chi connectivity index (χ1) is 8.09. The molecular formula is C12H14ClN3O. The van der Waals surface area contributed by atoms with E-state index < -0.39 is 0 Å². The molecule has 0 saturated heterocycles. The third-order valence-electron chi connectivity index (χ3n) is 2.55. The van der Waals surface area contributed by atoms with Crippen LogP contribution >= 0.6 is 11.6 Å². The lowest BCUT2D eigenvalue weighted by atomic mass is 10.3. The lowest BCUT2D eigenvalue weighted by Gasteiger charge is -2.08. The van der Waals surface area contributed by atoms with Crippen molar-refractivity contribution in [1.82, 2.24) is 9.78 Å². The monoisotopic (exact) mass is 251 g/mol. The number of nitrogen functional groups attached to an aromatic ring is 1. The molecular weight excluding hydrogens is 238 g/mol. The fourth-order valence-electron chi connectivity index (χ4n) is 1.59. The van der Waals surface area contributed by atoms with Crippen LogP contribution in [0, 0.1) is 6.92 Å². The lowest BCUT2D eigenvalue weighted by molar-refractivity contribution is 0.296. The molecule has 2 N–H and O–H groups in total. The molecule has 1 heterocycles. The number of halogens is 1. The first kappa shape index (κ1) is 11.8. The summed E-state index contributed by atoms with van der Waals surface area (Å²) in [5.41, 5.74) is 8.04. The van der Waals surface area contributed by atoms with Gasteiger partial charge < -0.3 is 10.5 Å². The highest BCUT2D eigenvalue weighted by Gasteiger charge is 2.11. The Balaban J connectivity index is 2.15. The van der Waals surface area contributed by atoms with E-state index in [0.717, 1.165) is 11.4 Å². The van der Waals surface area contributed by atoms with E-state index in [2.05, 4.69) is 5.10 Å². The van der Waals surface area contributed by atoms with Gasteiger partial charge in [-0.25, -0.2) is 0 Å². The SMILES string of the molecule is Cc1nn(C)c(COc2ccccc2N)c1Cl. The molecule has 0 amide bonds. The van der Waals surface area contributed by atoms with E-state index in [4.69, 9.17) is 22.1 Å². The number of hydrogen-bond donors (Lipinski definition) is 1. The number of rotatable bonds is 3. The molecule has 2 rings (SSSR count). The zero-order valence-electron chi connectivity index (χ0n) is 9.77. The molecule has 0 aliphatic heterocycles. The van der Waals surface area contributed by atoms with Gasteiger partial charge in [0.15, 0.2) is 0 Å². The summed E-state index contributed by atoms with van der Waals surface area (Å²) in [5.74, 6) is 0.655. The van der Waals surface area contributed by atoms with Gasteiger partial charge in [0.2, 0.25) is 0 Å². The van der Waals surface area contributed by atoms with Crippen LogP contribution in [0.25, 0.3) is 0 Å². The number of aromatic nitrogens is 2. The van der Waals surface area contributed by atoms with E-state index in [1.165, 1.54) is 0 Å². The largest absolute Gasteiger partial charge is 0.485 e. The second-order valence-electron chi connectivity index (χ2n) is 3.80. The fourth-order valence-corrected chi connectivity index (χ4v) is 1.81. The van der Waals surface area contributed by atoms with E-state index in [1.807, 2.05) is 32.2 Å². The molecule has 0 radical (unpaired) electrons. The minimum atomic E-state index is 0.352. The van der Waals surface area contributed by atoms with Crippen LogP contribution in [0.3, 0.4) is 0 Å². The van der Waals surface area contributed by atoms with E-state index in [-0.39, 0.29) is 0 Å². The van der Waals surface area contributed by atoms with Crippen molar-refractivity contribution < 1.29 is 4.74 Å². The summed E-state index contributed by atoms with van der Waals surface area (Å²) in [6, 6.07) is 7.36. The van der Waals surface area contributed by atoms with E-state index in [1.54, 1.807) is 10.7 Å². The zero-order valence-corrected chi connectivity index (χ0v) is 10.5. The van der Waals surface area contributed by atoms with Crippen LogP contribution in [0.1, 0.15) is 11.4 Å². The summed E-state index contributed by atoms with van der Waals surface area (Å²) in [6.07, 6.45) is 0. The molecule has 1 aromatic carbocycles.